The van der Waals surface area contributed by atoms with Crippen LogP contribution in [0.5, 0.6) is 0 Å². The number of esters is 1. The van der Waals surface area contributed by atoms with Crippen LogP contribution in [0.2, 0.25) is 0 Å². The zero-order valence-corrected chi connectivity index (χ0v) is 14.2. The lowest BCUT2D eigenvalue weighted by molar-refractivity contribution is -0.0546. The topological polar surface area (TPSA) is 41.6 Å². The Morgan fingerprint density at radius 1 is 1.33 bits per heavy atom. The van der Waals surface area contributed by atoms with Gasteiger partial charge in [-0.3, -0.25) is 4.90 Å². The Bertz CT molecular complexity index is 655. The van der Waals surface area contributed by atoms with Gasteiger partial charge in [0.25, 0.3) is 0 Å². The smallest absolute Gasteiger partial charge is 0.337 e. The second kappa shape index (κ2) is 6.12. The zero-order valence-electron chi connectivity index (χ0n) is 14.2. The number of piperidine rings is 1. The van der Waals surface area contributed by atoms with Crippen molar-refractivity contribution in [2.24, 2.45) is 5.41 Å². The first-order valence-corrected chi connectivity index (χ1v) is 8.97. The van der Waals surface area contributed by atoms with Gasteiger partial charge in [0.15, 0.2) is 0 Å². The fourth-order valence-electron chi connectivity index (χ4n) is 4.90. The van der Waals surface area contributed by atoms with Crippen molar-refractivity contribution in [3.8, 4) is 0 Å². The maximum Gasteiger partial charge on any atom is 0.337 e. The largest absolute Gasteiger partial charge is 0.465 e. The third kappa shape index (κ3) is 2.54. The van der Waals surface area contributed by atoms with Crippen LogP contribution in [0.1, 0.15) is 47.2 Å². The Hall–Kier alpha value is -1.46. The number of nitrogens with one attached hydrogen (secondary N) is 1. The van der Waals surface area contributed by atoms with E-state index < -0.39 is 5.97 Å². The van der Waals surface area contributed by atoms with Gasteiger partial charge in [0.05, 0.1) is 12.7 Å². The standard InChI is InChI=1S/C19H25FN2O2/c1-24-18(23)14-10-13-3-9-22(12-15(13)16(20)11-14)17-2-4-19(17)5-7-21-8-6-19/h10-11,17,21H,2-9,12H2,1H3. The van der Waals surface area contributed by atoms with Crippen molar-refractivity contribution in [3.05, 3.63) is 34.6 Å². The minimum atomic E-state index is -0.466. The van der Waals surface area contributed by atoms with Crippen molar-refractivity contribution in [2.45, 2.75) is 44.7 Å². The molecule has 1 atom stereocenters. The Balaban J connectivity index is 1.55. The van der Waals surface area contributed by atoms with Crippen LogP contribution in [0.25, 0.3) is 0 Å². The summed E-state index contributed by atoms with van der Waals surface area (Å²) in [5, 5.41) is 3.46. The van der Waals surface area contributed by atoms with E-state index in [0.717, 1.165) is 37.2 Å². The third-order valence-electron chi connectivity index (χ3n) is 6.40. The third-order valence-corrected chi connectivity index (χ3v) is 6.40. The molecular formula is C19H25FN2O2. The molecule has 0 bridgehead atoms. The van der Waals surface area contributed by atoms with Gasteiger partial charge in [-0.2, -0.15) is 0 Å². The summed E-state index contributed by atoms with van der Waals surface area (Å²) in [7, 11) is 1.33. The maximum atomic E-state index is 14.6. The number of rotatable bonds is 2. The van der Waals surface area contributed by atoms with E-state index in [1.54, 1.807) is 0 Å². The number of carbonyl (C=O) groups excluding carboxylic acids is 1. The summed E-state index contributed by atoms with van der Waals surface area (Å²) in [6, 6.07) is 3.73. The van der Waals surface area contributed by atoms with Gasteiger partial charge in [-0.1, -0.05) is 0 Å². The van der Waals surface area contributed by atoms with Crippen LogP contribution in [0, 0.1) is 11.2 Å². The highest BCUT2D eigenvalue weighted by atomic mass is 19.1. The van der Waals surface area contributed by atoms with Crippen LogP contribution in [-0.2, 0) is 17.7 Å². The maximum absolute atomic E-state index is 14.6. The summed E-state index contributed by atoms with van der Waals surface area (Å²) in [6.45, 7) is 3.84. The predicted octanol–water partition coefficient (Wildman–Crippen LogP) is 2.50. The molecule has 0 radical (unpaired) electrons. The van der Waals surface area contributed by atoms with E-state index in [4.69, 9.17) is 4.74 Å². The van der Waals surface area contributed by atoms with E-state index in [-0.39, 0.29) is 5.82 Å². The highest BCUT2D eigenvalue weighted by Crippen LogP contribution is 2.51. The molecule has 130 valence electrons. The number of hydrogen-bond donors (Lipinski definition) is 1. The molecule has 3 aliphatic rings. The average molecular weight is 332 g/mol. The second-order valence-corrected chi connectivity index (χ2v) is 7.47. The lowest BCUT2D eigenvalue weighted by Gasteiger charge is -2.57. The van der Waals surface area contributed by atoms with E-state index in [9.17, 15) is 9.18 Å². The van der Waals surface area contributed by atoms with Crippen LogP contribution < -0.4 is 5.32 Å². The van der Waals surface area contributed by atoms with E-state index in [2.05, 4.69) is 10.2 Å². The fourth-order valence-corrected chi connectivity index (χ4v) is 4.90. The Labute approximate surface area is 142 Å². The Morgan fingerprint density at radius 2 is 2.12 bits per heavy atom. The average Bonchev–Trinajstić information content (AvgIpc) is 2.61. The van der Waals surface area contributed by atoms with E-state index in [1.165, 1.54) is 38.9 Å². The number of benzene rings is 1. The molecule has 1 unspecified atom stereocenters. The normalized spacial score (nSPS) is 25.8. The molecule has 1 spiro atoms. The number of nitrogens with zero attached hydrogens (tertiary/aromatic N) is 1. The predicted molar refractivity (Wildman–Crippen MR) is 89.4 cm³/mol. The van der Waals surface area contributed by atoms with Gasteiger partial charge in [0.2, 0.25) is 0 Å². The lowest BCUT2D eigenvalue weighted by Crippen LogP contribution is -2.59. The number of fused-ring (bicyclic) bond motifs is 1. The van der Waals surface area contributed by atoms with Crippen LogP contribution in [0.3, 0.4) is 0 Å². The number of carbonyl (C=O) groups is 1. The summed E-state index contributed by atoms with van der Waals surface area (Å²) in [5.74, 6) is -0.733. The number of methoxy groups -OCH3 is 1. The quantitative estimate of drug-likeness (QED) is 0.845. The van der Waals surface area contributed by atoms with Crippen molar-refractivity contribution in [2.75, 3.05) is 26.7 Å². The van der Waals surface area contributed by atoms with Crippen LogP contribution in [0.4, 0.5) is 4.39 Å². The molecule has 1 aliphatic carbocycles. The van der Waals surface area contributed by atoms with Crippen molar-refractivity contribution < 1.29 is 13.9 Å². The van der Waals surface area contributed by atoms with Gasteiger partial charge in [0, 0.05) is 24.7 Å². The van der Waals surface area contributed by atoms with Crippen molar-refractivity contribution >= 4 is 5.97 Å². The van der Waals surface area contributed by atoms with Gasteiger partial charge >= 0.3 is 5.97 Å². The van der Waals surface area contributed by atoms with Crippen LogP contribution >= 0.6 is 0 Å². The summed E-state index contributed by atoms with van der Waals surface area (Å²) in [5.41, 5.74) is 2.50. The Kier molecular flexibility index (Phi) is 4.09. The van der Waals surface area contributed by atoms with E-state index in [0.29, 0.717) is 23.6 Å². The second-order valence-electron chi connectivity index (χ2n) is 7.47. The molecule has 0 amide bonds. The van der Waals surface area contributed by atoms with Crippen molar-refractivity contribution in [1.82, 2.24) is 10.2 Å². The molecule has 1 saturated heterocycles. The lowest BCUT2D eigenvalue weighted by atomic mass is 9.58. The summed E-state index contributed by atoms with van der Waals surface area (Å²) in [6.07, 6.45) is 5.83. The number of halogens is 1. The molecular weight excluding hydrogens is 307 g/mol. The van der Waals surface area contributed by atoms with Gasteiger partial charge in [-0.05, 0) is 68.3 Å². The SMILES string of the molecule is COC(=O)c1cc(F)c2c(c1)CCN(C1CCC13CCNCC3)C2. The molecule has 2 aliphatic heterocycles. The van der Waals surface area contributed by atoms with Crippen LogP contribution in [-0.4, -0.2) is 43.7 Å². The van der Waals surface area contributed by atoms with E-state index in [1.807, 2.05) is 6.07 Å². The summed E-state index contributed by atoms with van der Waals surface area (Å²) >= 11 is 0. The van der Waals surface area contributed by atoms with Crippen molar-refractivity contribution in [1.29, 1.82) is 0 Å². The highest BCUT2D eigenvalue weighted by molar-refractivity contribution is 5.89. The summed E-state index contributed by atoms with van der Waals surface area (Å²) in [4.78, 5) is 14.2. The molecule has 1 aromatic carbocycles. The molecule has 1 aromatic rings. The first kappa shape index (κ1) is 16.0. The van der Waals surface area contributed by atoms with Gasteiger partial charge in [0.1, 0.15) is 5.82 Å². The van der Waals surface area contributed by atoms with Crippen molar-refractivity contribution in [3.63, 3.8) is 0 Å². The number of hydrogen-bond acceptors (Lipinski definition) is 4. The molecule has 24 heavy (non-hydrogen) atoms. The highest BCUT2D eigenvalue weighted by Gasteiger charge is 2.49. The molecule has 1 saturated carbocycles. The zero-order chi connectivity index (χ0) is 16.7. The molecule has 2 heterocycles. The first-order chi connectivity index (χ1) is 11.6. The minimum absolute atomic E-state index is 0.267. The van der Waals surface area contributed by atoms with E-state index >= 15 is 0 Å². The minimum Gasteiger partial charge on any atom is -0.465 e. The Morgan fingerprint density at radius 3 is 2.79 bits per heavy atom. The monoisotopic (exact) mass is 332 g/mol. The van der Waals surface area contributed by atoms with Gasteiger partial charge in [-0.25, -0.2) is 9.18 Å². The molecule has 1 N–H and O–H groups in total. The van der Waals surface area contributed by atoms with Gasteiger partial charge < -0.3 is 10.1 Å². The van der Waals surface area contributed by atoms with Gasteiger partial charge in [-0.15, -0.1) is 0 Å². The number of ether oxygens (including phenoxy) is 1. The fraction of sp³-hybridized carbons (Fsp3) is 0.632. The first-order valence-electron chi connectivity index (χ1n) is 8.97. The molecule has 4 nitrogen and oxygen atoms in total. The molecule has 4 rings (SSSR count). The van der Waals surface area contributed by atoms with Crippen LogP contribution in [0.15, 0.2) is 12.1 Å². The molecule has 2 fully saturated rings. The summed E-state index contributed by atoms with van der Waals surface area (Å²) < 4.78 is 19.3. The molecule has 5 heteroatoms. The molecule has 0 aromatic heterocycles.